The topological polar surface area (TPSA) is 59.8 Å². The molecule has 1 aliphatic rings. The van der Waals surface area contributed by atoms with Crippen LogP contribution in [0.25, 0.3) is 11.0 Å². The molecular weight excluding hydrogens is 354 g/mol. The molecule has 1 aliphatic heterocycles. The van der Waals surface area contributed by atoms with Crippen molar-refractivity contribution in [1.29, 1.82) is 0 Å². The number of hydrogen-bond donors (Lipinski definition) is 0. The zero-order valence-electron chi connectivity index (χ0n) is 16.3. The Labute approximate surface area is 163 Å². The van der Waals surface area contributed by atoms with Gasteiger partial charge in [0.1, 0.15) is 5.58 Å². The van der Waals surface area contributed by atoms with Gasteiger partial charge < -0.3 is 14.1 Å². The lowest BCUT2D eigenvalue weighted by molar-refractivity contribution is -0.147. The number of para-hydroxylation sites is 1. The van der Waals surface area contributed by atoms with Gasteiger partial charge in [0.05, 0.1) is 12.7 Å². The average molecular weight is 377 g/mol. The van der Waals surface area contributed by atoms with E-state index in [0.717, 1.165) is 45.3 Å². The summed E-state index contributed by atoms with van der Waals surface area (Å²) in [5, 5.41) is 0.911. The highest BCUT2D eigenvalue weighted by molar-refractivity contribution is 5.98. The van der Waals surface area contributed by atoms with Crippen LogP contribution in [0.15, 0.2) is 47.1 Å². The predicted octanol–water partition coefficient (Wildman–Crippen LogP) is 4.11. The van der Waals surface area contributed by atoms with Gasteiger partial charge in [-0.3, -0.25) is 9.59 Å². The van der Waals surface area contributed by atoms with E-state index in [1.807, 2.05) is 57.2 Å². The van der Waals surface area contributed by atoms with E-state index < -0.39 is 5.97 Å². The highest BCUT2D eigenvalue weighted by atomic mass is 16.5. The van der Waals surface area contributed by atoms with Gasteiger partial charge in [-0.15, -0.1) is 0 Å². The molecule has 2 aromatic carbocycles. The molecule has 2 heterocycles. The molecule has 144 valence electrons. The number of fused-ring (bicyclic) bond motifs is 2. The van der Waals surface area contributed by atoms with Crippen LogP contribution in [-0.2, 0) is 27.2 Å². The molecule has 3 aromatic rings. The van der Waals surface area contributed by atoms with Crippen molar-refractivity contribution in [3.63, 3.8) is 0 Å². The van der Waals surface area contributed by atoms with Crippen LogP contribution in [0, 0.1) is 13.8 Å². The normalized spacial score (nSPS) is 15.7. The van der Waals surface area contributed by atoms with Crippen molar-refractivity contribution < 1.29 is 18.7 Å². The summed E-state index contributed by atoms with van der Waals surface area (Å²) in [5.74, 6) is -0.635. The fourth-order valence-electron chi connectivity index (χ4n) is 3.84. The summed E-state index contributed by atoms with van der Waals surface area (Å²) in [6.45, 7) is 5.79. The quantitative estimate of drug-likeness (QED) is 0.642. The van der Waals surface area contributed by atoms with Crippen molar-refractivity contribution in [2.75, 3.05) is 11.5 Å². The number of benzene rings is 2. The first-order chi connectivity index (χ1) is 13.4. The molecule has 5 nitrogen and oxygen atoms in total. The summed E-state index contributed by atoms with van der Waals surface area (Å²) in [5.41, 5.74) is 5.86. The van der Waals surface area contributed by atoms with E-state index in [0.29, 0.717) is 0 Å². The maximum absolute atomic E-state index is 12.7. The van der Waals surface area contributed by atoms with E-state index in [2.05, 4.69) is 0 Å². The second kappa shape index (κ2) is 7.15. The molecule has 0 bridgehead atoms. The minimum absolute atomic E-state index is 0.0626. The number of ether oxygens (including phenoxy) is 1. The first-order valence-electron chi connectivity index (χ1n) is 9.47. The fraction of sp³-hybridized carbons (Fsp3) is 0.304. The number of esters is 1. The first kappa shape index (κ1) is 18.3. The number of carbonyl (C=O) groups excluding carboxylic acids is 2. The predicted molar refractivity (Wildman–Crippen MR) is 107 cm³/mol. The Morgan fingerprint density at radius 3 is 2.75 bits per heavy atom. The number of hydrogen-bond acceptors (Lipinski definition) is 4. The third-order valence-electron chi connectivity index (χ3n) is 5.44. The lowest BCUT2D eigenvalue weighted by Crippen LogP contribution is -2.38. The average Bonchev–Trinajstić information content (AvgIpc) is 3.20. The van der Waals surface area contributed by atoms with Gasteiger partial charge in [0, 0.05) is 22.7 Å². The monoisotopic (exact) mass is 377 g/mol. The van der Waals surface area contributed by atoms with E-state index in [4.69, 9.17) is 9.15 Å². The van der Waals surface area contributed by atoms with Gasteiger partial charge >= 0.3 is 5.97 Å². The largest absolute Gasteiger partial charge is 0.464 e. The Morgan fingerprint density at radius 2 is 1.93 bits per heavy atom. The molecule has 1 aromatic heterocycles. The number of rotatable bonds is 4. The zero-order valence-corrected chi connectivity index (χ0v) is 16.3. The number of furan rings is 1. The molecule has 1 amide bonds. The minimum Gasteiger partial charge on any atom is -0.464 e. The Bertz CT molecular complexity index is 1070. The van der Waals surface area contributed by atoms with Gasteiger partial charge in [-0.2, -0.15) is 0 Å². The van der Waals surface area contributed by atoms with Crippen molar-refractivity contribution >= 4 is 28.5 Å². The molecular formula is C23H23NO4. The molecule has 0 saturated heterocycles. The van der Waals surface area contributed by atoms with Gasteiger partial charge in [-0.1, -0.05) is 18.2 Å². The first-order valence-corrected chi connectivity index (χ1v) is 9.47. The number of nitrogens with zero attached hydrogens (tertiary/aromatic N) is 1. The van der Waals surface area contributed by atoms with Gasteiger partial charge in [-0.25, -0.2) is 0 Å². The fourth-order valence-corrected chi connectivity index (χ4v) is 3.84. The molecule has 0 N–H and O–H groups in total. The van der Waals surface area contributed by atoms with Gasteiger partial charge in [0.25, 0.3) is 5.91 Å². The molecule has 1 atom stereocenters. The van der Waals surface area contributed by atoms with Gasteiger partial charge in [-0.05, 0) is 62.1 Å². The van der Waals surface area contributed by atoms with Crippen molar-refractivity contribution in [2.24, 2.45) is 0 Å². The van der Waals surface area contributed by atoms with Gasteiger partial charge in [0.15, 0.2) is 6.61 Å². The highest BCUT2D eigenvalue weighted by Gasteiger charge is 2.31. The molecule has 0 unspecified atom stereocenters. The summed E-state index contributed by atoms with van der Waals surface area (Å²) >= 11 is 0. The number of carbonyl (C=O) groups is 2. The summed E-state index contributed by atoms with van der Waals surface area (Å²) in [4.78, 5) is 26.7. The van der Waals surface area contributed by atoms with Crippen molar-refractivity contribution in [2.45, 2.75) is 39.7 Å². The Morgan fingerprint density at radius 1 is 1.18 bits per heavy atom. The van der Waals surface area contributed by atoms with E-state index in [9.17, 15) is 9.59 Å². The molecule has 0 aliphatic carbocycles. The maximum atomic E-state index is 12.7. The van der Waals surface area contributed by atoms with Crippen LogP contribution in [0.1, 0.15) is 29.2 Å². The van der Waals surface area contributed by atoms with Crippen LogP contribution in [0.2, 0.25) is 0 Å². The van der Waals surface area contributed by atoms with E-state index in [1.54, 1.807) is 11.2 Å². The Hall–Kier alpha value is -3.08. The smallest absolute Gasteiger partial charge is 0.310 e. The molecule has 5 heteroatoms. The number of anilines is 1. The Kier molecular flexibility index (Phi) is 4.67. The van der Waals surface area contributed by atoms with Crippen LogP contribution in [0.5, 0.6) is 0 Å². The molecule has 0 saturated carbocycles. The third-order valence-corrected chi connectivity index (χ3v) is 5.44. The third kappa shape index (κ3) is 3.28. The van der Waals surface area contributed by atoms with E-state index in [-0.39, 0.29) is 25.0 Å². The van der Waals surface area contributed by atoms with E-state index in [1.165, 1.54) is 0 Å². The summed E-state index contributed by atoms with van der Waals surface area (Å²) in [6, 6.07) is 11.9. The molecule has 0 spiro atoms. The van der Waals surface area contributed by atoms with Crippen LogP contribution in [0.4, 0.5) is 5.69 Å². The summed E-state index contributed by atoms with van der Waals surface area (Å²) in [6.07, 6.45) is 2.48. The molecule has 0 radical (unpaired) electrons. The zero-order chi connectivity index (χ0) is 19.8. The second-order valence-corrected chi connectivity index (χ2v) is 7.48. The van der Waals surface area contributed by atoms with Gasteiger partial charge in [0.2, 0.25) is 0 Å². The molecule has 4 rings (SSSR count). The highest BCUT2D eigenvalue weighted by Crippen LogP contribution is 2.32. The SMILES string of the molecule is Cc1cc2occ(CC(=O)OCC(=O)N3c4ccccc4C[C@@H]3C)c2cc1C. The molecule has 0 fully saturated rings. The van der Waals surface area contributed by atoms with Crippen LogP contribution in [0.3, 0.4) is 0 Å². The van der Waals surface area contributed by atoms with Crippen molar-refractivity contribution in [1.82, 2.24) is 0 Å². The van der Waals surface area contributed by atoms with Crippen LogP contribution in [-0.4, -0.2) is 24.5 Å². The Balaban J connectivity index is 1.41. The van der Waals surface area contributed by atoms with Crippen LogP contribution < -0.4 is 4.90 Å². The van der Waals surface area contributed by atoms with Crippen molar-refractivity contribution in [3.05, 3.63) is 64.9 Å². The number of amides is 1. The lowest BCUT2D eigenvalue weighted by Gasteiger charge is -2.22. The van der Waals surface area contributed by atoms with Crippen LogP contribution >= 0.6 is 0 Å². The van der Waals surface area contributed by atoms with Crippen molar-refractivity contribution in [3.8, 4) is 0 Å². The number of aryl methyl sites for hydroxylation is 2. The summed E-state index contributed by atoms with van der Waals surface area (Å²) in [7, 11) is 0. The standard InChI is InChI=1S/C23H23NO4/c1-14-8-19-18(12-27-21(19)9-15(14)2)11-23(26)28-13-22(25)24-16(3)10-17-6-4-5-7-20(17)24/h4-9,12,16H,10-11,13H2,1-3H3/t16-/m0/s1. The molecule has 28 heavy (non-hydrogen) atoms. The van der Waals surface area contributed by atoms with E-state index >= 15 is 0 Å². The minimum atomic E-state index is -0.436. The maximum Gasteiger partial charge on any atom is 0.310 e. The second-order valence-electron chi connectivity index (χ2n) is 7.48. The summed E-state index contributed by atoms with van der Waals surface area (Å²) < 4.78 is 10.8. The lowest BCUT2D eigenvalue weighted by atomic mass is 10.0.